The van der Waals surface area contributed by atoms with Crippen LogP contribution < -0.4 is 10.6 Å². The first-order valence-electron chi connectivity index (χ1n) is 8.24. The van der Waals surface area contributed by atoms with Crippen molar-refractivity contribution in [3.63, 3.8) is 0 Å². The first-order valence-corrected chi connectivity index (χ1v) is 8.24. The third kappa shape index (κ3) is 7.00. The lowest BCUT2D eigenvalue weighted by Crippen LogP contribution is -2.52. The van der Waals surface area contributed by atoms with E-state index >= 15 is 0 Å². The van der Waals surface area contributed by atoms with Gasteiger partial charge in [0, 0.05) is 13.2 Å². The van der Waals surface area contributed by atoms with Crippen LogP contribution >= 0.6 is 0 Å². The second kappa shape index (κ2) is 10.6. The number of rotatable bonds is 9. The van der Waals surface area contributed by atoms with Crippen LogP contribution in [0.1, 0.15) is 32.8 Å². The average molecular weight is 336 g/mol. The summed E-state index contributed by atoms with van der Waals surface area (Å²) in [5.41, 5.74) is 0.894. The van der Waals surface area contributed by atoms with E-state index in [4.69, 9.17) is 9.47 Å². The molecule has 0 aliphatic carbocycles. The van der Waals surface area contributed by atoms with E-state index in [0.29, 0.717) is 6.61 Å². The van der Waals surface area contributed by atoms with Gasteiger partial charge in [-0.05, 0) is 18.4 Å². The maximum absolute atomic E-state index is 12.4. The monoisotopic (exact) mass is 336 g/mol. The first-order chi connectivity index (χ1) is 11.5. The molecular formula is C18H28N2O4. The molecule has 0 aromatic heterocycles. The Morgan fingerprint density at radius 3 is 2.38 bits per heavy atom. The summed E-state index contributed by atoms with van der Waals surface area (Å²) in [6.45, 7) is 6.32. The molecule has 0 heterocycles. The van der Waals surface area contributed by atoms with E-state index in [0.717, 1.165) is 12.0 Å². The van der Waals surface area contributed by atoms with Gasteiger partial charge in [0.15, 0.2) is 0 Å². The Morgan fingerprint density at radius 1 is 1.12 bits per heavy atom. The Kier molecular flexibility index (Phi) is 8.86. The zero-order valence-electron chi connectivity index (χ0n) is 14.9. The molecule has 0 saturated heterocycles. The van der Waals surface area contributed by atoms with Gasteiger partial charge in [-0.15, -0.1) is 0 Å². The smallest absolute Gasteiger partial charge is 0.408 e. The van der Waals surface area contributed by atoms with Crippen molar-refractivity contribution in [2.45, 2.75) is 45.9 Å². The molecule has 0 aliphatic heterocycles. The van der Waals surface area contributed by atoms with E-state index in [2.05, 4.69) is 10.6 Å². The van der Waals surface area contributed by atoms with E-state index in [1.807, 2.05) is 51.1 Å². The molecule has 0 spiro atoms. The Hall–Kier alpha value is -2.08. The maximum Gasteiger partial charge on any atom is 0.408 e. The molecule has 3 atom stereocenters. The van der Waals surface area contributed by atoms with Gasteiger partial charge in [-0.2, -0.15) is 0 Å². The van der Waals surface area contributed by atoms with Crippen LogP contribution in [0.3, 0.4) is 0 Å². The standard InChI is InChI=1S/C18H28N2O4/c1-5-13(2)16(17(21)19-14(3)11-23-4)20-18(22)24-12-15-9-7-6-8-10-15/h6-10,13-14,16H,5,11-12H2,1-4H3,(H,19,21)(H,20,22)/t13-,14-,16-/m0/s1. The number of methoxy groups -OCH3 is 1. The summed E-state index contributed by atoms with van der Waals surface area (Å²) in [5, 5.41) is 5.51. The molecular weight excluding hydrogens is 308 g/mol. The van der Waals surface area contributed by atoms with E-state index in [1.165, 1.54) is 0 Å². The van der Waals surface area contributed by atoms with Crippen LogP contribution in [0.4, 0.5) is 4.79 Å². The molecule has 1 aromatic carbocycles. The van der Waals surface area contributed by atoms with E-state index in [-0.39, 0.29) is 24.5 Å². The van der Waals surface area contributed by atoms with Crippen molar-refractivity contribution >= 4 is 12.0 Å². The first kappa shape index (κ1) is 20.0. The summed E-state index contributed by atoms with van der Waals surface area (Å²) < 4.78 is 10.2. The molecule has 6 heteroatoms. The summed E-state index contributed by atoms with van der Waals surface area (Å²) in [6.07, 6.45) is 0.161. The van der Waals surface area contributed by atoms with Crippen LogP contribution in [0.2, 0.25) is 0 Å². The lowest BCUT2D eigenvalue weighted by atomic mass is 9.98. The Morgan fingerprint density at radius 2 is 1.79 bits per heavy atom. The van der Waals surface area contributed by atoms with E-state index in [1.54, 1.807) is 7.11 Å². The highest BCUT2D eigenvalue weighted by Crippen LogP contribution is 2.09. The number of hydrogen-bond donors (Lipinski definition) is 2. The van der Waals surface area contributed by atoms with Crippen molar-refractivity contribution < 1.29 is 19.1 Å². The van der Waals surface area contributed by atoms with E-state index < -0.39 is 12.1 Å². The lowest BCUT2D eigenvalue weighted by Gasteiger charge is -2.25. The van der Waals surface area contributed by atoms with Crippen molar-refractivity contribution in [2.24, 2.45) is 5.92 Å². The summed E-state index contributed by atoms with van der Waals surface area (Å²) >= 11 is 0. The normalized spacial score (nSPS) is 14.3. The quantitative estimate of drug-likeness (QED) is 0.726. The number of nitrogens with one attached hydrogen (secondary N) is 2. The number of carbonyl (C=O) groups excluding carboxylic acids is 2. The van der Waals surface area contributed by atoms with Crippen LogP contribution in [-0.4, -0.2) is 37.8 Å². The largest absolute Gasteiger partial charge is 0.445 e. The molecule has 24 heavy (non-hydrogen) atoms. The summed E-state index contributed by atoms with van der Waals surface area (Å²) in [6, 6.07) is 8.63. The second-order valence-electron chi connectivity index (χ2n) is 5.93. The fourth-order valence-corrected chi connectivity index (χ4v) is 2.22. The molecule has 0 radical (unpaired) electrons. The van der Waals surface area contributed by atoms with Gasteiger partial charge in [-0.3, -0.25) is 4.79 Å². The molecule has 0 fully saturated rings. The summed E-state index contributed by atoms with van der Waals surface area (Å²) in [7, 11) is 1.58. The molecule has 1 rings (SSSR count). The number of carbonyl (C=O) groups is 2. The fraction of sp³-hybridized carbons (Fsp3) is 0.556. The van der Waals surface area contributed by atoms with Gasteiger partial charge in [0.25, 0.3) is 0 Å². The van der Waals surface area contributed by atoms with Gasteiger partial charge < -0.3 is 20.1 Å². The van der Waals surface area contributed by atoms with Gasteiger partial charge in [0.2, 0.25) is 5.91 Å². The number of amides is 2. The number of benzene rings is 1. The molecule has 1 aromatic rings. The number of ether oxygens (including phenoxy) is 2. The molecule has 6 nitrogen and oxygen atoms in total. The van der Waals surface area contributed by atoms with Crippen molar-refractivity contribution in [1.82, 2.24) is 10.6 Å². The van der Waals surface area contributed by atoms with Gasteiger partial charge in [0.05, 0.1) is 6.61 Å². The predicted octanol–water partition coefficient (Wildman–Crippen LogP) is 2.48. The molecule has 2 N–H and O–H groups in total. The molecule has 2 amide bonds. The minimum atomic E-state index is -0.641. The van der Waals surface area contributed by atoms with Crippen LogP contribution in [0.15, 0.2) is 30.3 Å². The average Bonchev–Trinajstić information content (AvgIpc) is 2.58. The predicted molar refractivity (Wildman–Crippen MR) is 92.5 cm³/mol. The SMILES string of the molecule is CC[C@H](C)[C@H](NC(=O)OCc1ccccc1)C(=O)N[C@@H](C)COC. The van der Waals surface area contributed by atoms with Crippen LogP contribution in [0.5, 0.6) is 0 Å². The minimum absolute atomic E-state index is 0.0102. The minimum Gasteiger partial charge on any atom is -0.445 e. The summed E-state index contributed by atoms with van der Waals surface area (Å²) in [5.74, 6) is -0.241. The van der Waals surface area contributed by atoms with Gasteiger partial charge >= 0.3 is 6.09 Å². The van der Waals surface area contributed by atoms with Crippen LogP contribution in [0, 0.1) is 5.92 Å². The van der Waals surface area contributed by atoms with Gasteiger partial charge in [0.1, 0.15) is 12.6 Å². The Bertz CT molecular complexity index is 507. The zero-order valence-corrected chi connectivity index (χ0v) is 14.9. The van der Waals surface area contributed by atoms with E-state index in [9.17, 15) is 9.59 Å². The highest BCUT2D eigenvalue weighted by atomic mass is 16.5. The number of alkyl carbamates (subject to hydrolysis) is 1. The molecule has 0 aliphatic rings. The van der Waals surface area contributed by atoms with Gasteiger partial charge in [-0.25, -0.2) is 4.79 Å². The van der Waals surface area contributed by atoms with Crippen molar-refractivity contribution in [2.75, 3.05) is 13.7 Å². The third-order valence-electron chi connectivity index (χ3n) is 3.79. The lowest BCUT2D eigenvalue weighted by molar-refractivity contribution is -0.125. The third-order valence-corrected chi connectivity index (χ3v) is 3.79. The summed E-state index contributed by atoms with van der Waals surface area (Å²) in [4.78, 5) is 24.4. The zero-order chi connectivity index (χ0) is 17.9. The second-order valence-corrected chi connectivity index (χ2v) is 5.93. The highest BCUT2D eigenvalue weighted by molar-refractivity contribution is 5.86. The highest BCUT2D eigenvalue weighted by Gasteiger charge is 2.27. The Balaban J connectivity index is 2.58. The fourth-order valence-electron chi connectivity index (χ4n) is 2.22. The van der Waals surface area contributed by atoms with Crippen LogP contribution in [-0.2, 0) is 20.9 Å². The molecule has 0 bridgehead atoms. The van der Waals surface area contributed by atoms with Crippen molar-refractivity contribution in [3.8, 4) is 0 Å². The number of hydrogen-bond acceptors (Lipinski definition) is 4. The maximum atomic E-state index is 12.4. The molecule has 0 saturated carbocycles. The van der Waals surface area contributed by atoms with Crippen LogP contribution in [0.25, 0.3) is 0 Å². The van der Waals surface area contributed by atoms with Crippen molar-refractivity contribution in [1.29, 1.82) is 0 Å². The van der Waals surface area contributed by atoms with Gasteiger partial charge in [-0.1, -0.05) is 50.6 Å². The molecule has 134 valence electrons. The molecule has 0 unspecified atom stereocenters. The van der Waals surface area contributed by atoms with Crippen molar-refractivity contribution in [3.05, 3.63) is 35.9 Å². The topological polar surface area (TPSA) is 76.7 Å². The Labute approximate surface area is 143 Å².